The van der Waals surface area contributed by atoms with Crippen LogP contribution in [0.2, 0.25) is 5.02 Å². The molecule has 0 aliphatic carbocycles. The molecule has 2 heterocycles. The smallest absolute Gasteiger partial charge is 0.179 e. The standard InChI is InChI=1S/C16H21ClN4S2/c17-13-4-6-14(7-5-13)18-15(22)21-11-10-20(16(21)23)12-19-8-2-1-3-9-19/h4-7H,1-3,8-12H2,(H,18,22). The van der Waals surface area contributed by atoms with Crippen LogP contribution >= 0.6 is 36.0 Å². The zero-order valence-electron chi connectivity index (χ0n) is 13.0. The van der Waals surface area contributed by atoms with Crippen molar-refractivity contribution in [3.05, 3.63) is 29.3 Å². The Morgan fingerprint density at radius 3 is 2.43 bits per heavy atom. The van der Waals surface area contributed by atoms with Gasteiger partial charge in [-0.2, -0.15) is 0 Å². The first-order valence-corrected chi connectivity index (χ1v) is 9.18. The number of rotatable bonds is 3. The lowest BCUT2D eigenvalue weighted by Crippen LogP contribution is -2.44. The van der Waals surface area contributed by atoms with E-state index in [-0.39, 0.29) is 0 Å². The van der Waals surface area contributed by atoms with E-state index in [9.17, 15) is 0 Å². The molecule has 124 valence electrons. The normalized spacial score (nSPS) is 19.3. The molecule has 23 heavy (non-hydrogen) atoms. The number of benzene rings is 1. The fourth-order valence-electron chi connectivity index (χ4n) is 2.97. The molecule has 1 N–H and O–H groups in total. The second-order valence-electron chi connectivity index (χ2n) is 5.95. The van der Waals surface area contributed by atoms with Crippen LogP contribution in [-0.2, 0) is 0 Å². The van der Waals surface area contributed by atoms with E-state index in [0.717, 1.165) is 30.6 Å². The summed E-state index contributed by atoms with van der Waals surface area (Å²) >= 11 is 17.0. The molecule has 1 aromatic rings. The van der Waals surface area contributed by atoms with Crippen molar-refractivity contribution in [2.45, 2.75) is 19.3 Å². The minimum Gasteiger partial charge on any atom is -0.334 e. The lowest BCUT2D eigenvalue weighted by molar-refractivity contribution is 0.167. The van der Waals surface area contributed by atoms with Crippen molar-refractivity contribution in [2.24, 2.45) is 0 Å². The molecular formula is C16H21ClN4S2. The van der Waals surface area contributed by atoms with Crippen LogP contribution in [0.15, 0.2) is 24.3 Å². The molecule has 0 bridgehead atoms. The van der Waals surface area contributed by atoms with Gasteiger partial charge >= 0.3 is 0 Å². The van der Waals surface area contributed by atoms with E-state index < -0.39 is 0 Å². The summed E-state index contributed by atoms with van der Waals surface area (Å²) in [6.07, 6.45) is 3.93. The van der Waals surface area contributed by atoms with Crippen molar-refractivity contribution in [1.82, 2.24) is 14.7 Å². The lowest BCUT2D eigenvalue weighted by Gasteiger charge is -2.31. The van der Waals surface area contributed by atoms with Gasteiger partial charge in [-0.3, -0.25) is 9.80 Å². The average molecular weight is 369 g/mol. The SMILES string of the molecule is S=C(Nc1ccc(Cl)cc1)N1CCN(CN2CCCCC2)C1=S. The van der Waals surface area contributed by atoms with Gasteiger partial charge in [0.2, 0.25) is 0 Å². The van der Waals surface area contributed by atoms with Crippen LogP contribution in [-0.4, -0.2) is 57.8 Å². The fraction of sp³-hybridized carbons (Fsp3) is 0.500. The Hall–Kier alpha value is -0.950. The maximum atomic E-state index is 5.91. The van der Waals surface area contributed by atoms with E-state index in [1.54, 1.807) is 0 Å². The third-order valence-electron chi connectivity index (χ3n) is 4.25. The zero-order valence-corrected chi connectivity index (χ0v) is 15.4. The maximum absolute atomic E-state index is 5.91. The summed E-state index contributed by atoms with van der Waals surface area (Å²) < 4.78 is 0. The van der Waals surface area contributed by atoms with Crippen LogP contribution in [0, 0.1) is 0 Å². The fourth-order valence-corrected chi connectivity index (χ4v) is 3.78. The first kappa shape index (κ1) is 16.9. The molecule has 0 aromatic heterocycles. The van der Waals surface area contributed by atoms with E-state index >= 15 is 0 Å². The molecular weight excluding hydrogens is 348 g/mol. The van der Waals surface area contributed by atoms with Gasteiger partial charge < -0.3 is 10.2 Å². The van der Waals surface area contributed by atoms with E-state index in [1.807, 2.05) is 29.2 Å². The number of halogens is 1. The summed E-state index contributed by atoms with van der Waals surface area (Å²) in [5.74, 6) is 0. The summed E-state index contributed by atoms with van der Waals surface area (Å²) in [6, 6.07) is 7.52. The molecule has 2 aliphatic rings. The van der Waals surface area contributed by atoms with Crippen molar-refractivity contribution in [3.63, 3.8) is 0 Å². The van der Waals surface area contributed by atoms with Crippen molar-refractivity contribution >= 4 is 51.9 Å². The van der Waals surface area contributed by atoms with Gasteiger partial charge in [-0.05, 0) is 74.6 Å². The predicted octanol–water partition coefficient (Wildman–Crippen LogP) is 3.38. The van der Waals surface area contributed by atoms with Gasteiger partial charge in [-0.25, -0.2) is 0 Å². The first-order valence-electron chi connectivity index (χ1n) is 7.99. The highest BCUT2D eigenvalue weighted by Gasteiger charge is 2.29. The second-order valence-corrected chi connectivity index (χ2v) is 7.14. The summed E-state index contributed by atoms with van der Waals surface area (Å²) in [7, 11) is 0. The van der Waals surface area contributed by atoms with Crippen molar-refractivity contribution in [1.29, 1.82) is 0 Å². The molecule has 4 nitrogen and oxygen atoms in total. The van der Waals surface area contributed by atoms with Crippen LogP contribution in [0.5, 0.6) is 0 Å². The molecule has 0 spiro atoms. The van der Waals surface area contributed by atoms with Crippen LogP contribution < -0.4 is 5.32 Å². The van der Waals surface area contributed by atoms with E-state index in [1.165, 1.54) is 32.4 Å². The Kier molecular flexibility index (Phi) is 5.69. The van der Waals surface area contributed by atoms with E-state index in [0.29, 0.717) is 10.1 Å². The number of hydrogen-bond donors (Lipinski definition) is 1. The number of thiocarbonyl (C=S) groups is 2. The first-order chi connectivity index (χ1) is 11.1. The molecule has 2 saturated heterocycles. The molecule has 2 fully saturated rings. The molecule has 0 radical (unpaired) electrons. The topological polar surface area (TPSA) is 21.8 Å². The maximum Gasteiger partial charge on any atom is 0.179 e. The zero-order chi connectivity index (χ0) is 16.2. The molecule has 0 atom stereocenters. The van der Waals surface area contributed by atoms with Crippen molar-refractivity contribution < 1.29 is 0 Å². The van der Waals surface area contributed by atoms with Crippen molar-refractivity contribution in [2.75, 3.05) is 38.2 Å². The van der Waals surface area contributed by atoms with Crippen LogP contribution in [0.25, 0.3) is 0 Å². The van der Waals surface area contributed by atoms with Crippen LogP contribution in [0.1, 0.15) is 19.3 Å². The number of hydrogen-bond acceptors (Lipinski definition) is 3. The number of nitrogens with one attached hydrogen (secondary N) is 1. The number of piperidine rings is 1. The van der Waals surface area contributed by atoms with Gasteiger partial charge in [0.05, 0.1) is 6.67 Å². The van der Waals surface area contributed by atoms with Gasteiger partial charge in [-0.1, -0.05) is 18.0 Å². The summed E-state index contributed by atoms with van der Waals surface area (Å²) in [4.78, 5) is 6.73. The highest BCUT2D eigenvalue weighted by atomic mass is 35.5. The lowest BCUT2D eigenvalue weighted by atomic mass is 10.1. The minimum absolute atomic E-state index is 0.651. The van der Waals surface area contributed by atoms with Crippen LogP contribution in [0.3, 0.4) is 0 Å². The molecule has 2 aliphatic heterocycles. The van der Waals surface area contributed by atoms with Gasteiger partial charge in [0.25, 0.3) is 0 Å². The summed E-state index contributed by atoms with van der Waals surface area (Å²) in [5, 5.41) is 5.42. The third kappa shape index (κ3) is 4.32. The Morgan fingerprint density at radius 2 is 1.74 bits per heavy atom. The van der Waals surface area contributed by atoms with Gasteiger partial charge in [0, 0.05) is 23.8 Å². The Balaban J connectivity index is 1.55. The van der Waals surface area contributed by atoms with Crippen molar-refractivity contribution in [3.8, 4) is 0 Å². The number of likely N-dealkylation sites (tertiary alicyclic amines) is 1. The monoisotopic (exact) mass is 368 g/mol. The quantitative estimate of drug-likeness (QED) is 0.820. The largest absolute Gasteiger partial charge is 0.334 e. The molecule has 0 saturated carbocycles. The molecule has 1 aromatic carbocycles. The van der Waals surface area contributed by atoms with Crippen LogP contribution in [0.4, 0.5) is 5.69 Å². The Labute approximate surface area is 153 Å². The summed E-state index contributed by atoms with van der Waals surface area (Å²) in [6.45, 7) is 5.03. The van der Waals surface area contributed by atoms with E-state index in [2.05, 4.69) is 15.1 Å². The van der Waals surface area contributed by atoms with Gasteiger partial charge in [0.15, 0.2) is 10.2 Å². The highest BCUT2D eigenvalue weighted by molar-refractivity contribution is 7.82. The Bertz CT molecular complexity index is 572. The minimum atomic E-state index is 0.651. The van der Waals surface area contributed by atoms with Gasteiger partial charge in [-0.15, -0.1) is 0 Å². The third-order valence-corrected chi connectivity index (χ3v) is 5.31. The molecule has 0 unspecified atom stereocenters. The van der Waals surface area contributed by atoms with E-state index in [4.69, 9.17) is 36.0 Å². The number of anilines is 1. The highest BCUT2D eigenvalue weighted by Crippen LogP contribution is 2.17. The Morgan fingerprint density at radius 1 is 1.04 bits per heavy atom. The van der Waals surface area contributed by atoms with Gasteiger partial charge in [0.1, 0.15) is 0 Å². The molecule has 3 rings (SSSR count). The average Bonchev–Trinajstić information content (AvgIpc) is 2.92. The molecule has 7 heteroatoms. The molecule has 0 amide bonds. The number of nitrogens with zero attached hydrogens (tertiary/aromatic N) is 3. The summed E-state index contributed by atoms with van der Waals surface area (Å²) in [5.41, 5.74) is 0.927. The predicted molar refractivity (Wildman–Crippen MR) is 104 cm³/mol. The second kappa shape index (κ2) is 7.75.